The van der Waals surface area contributed by atoms with Crippen molar-refractivity contribution >= 4 is 0 Å². The molecule has 1 aliphatic heterocycles. The van der Waals surface area contributed by atoms with E-state index in [0.29, 0.717) is 6.04 Å². The van der Waals surface area contributed by atoms with Gasteiger partial charge in [-0.2, -0.15) is 0 Å². The molecule has 0 spiro atoms. The fourth-order valence-corrected chi connectivity index (χ4v) is 1.74. The monoisotopic (exact) mass is 196 g/mol. The minimum absolute atomic E-state index is 0.171. The average molecular weight is 196 g/mol. The van der Waals surface area contributed by atoms with Gasteiger partial charge in [-0.15, -0.1) is 0 Å². The van der Waals surface area contributed by atoms with Gasteiger partial charge in [0, 0.05) is 31.2 Å². The Kier molecular flexibility index (Phi) is 3.18. The SMILES string of the molecule is OC1CNC(CNCc2ccoc2)C1. The summed E-state index contributed by atoms with van der Waals surface area (Å²) in [7, 11) is 0. The highest BCUT2D eigenvalue weighted by molar-refractivity contribution is 5.04. The molecule has 4 heteroatoms. The molecule has 0 aliphatic carbocycles. The third-order valence-electron chi connectivity index (χ3n) is 2.50. The molecule has 0 aromatic carbocycles. The third kappa shape index (κ3) is 2.57. The molecular formula is C10H16N2O2. The van der Waals surface area contributed by atoms with Crippen molar-refractivity contribution in [1.29, 1.82) is 0 Å². The van der Waals surface area contributed by atoms with E-state index in [1.165, 1.54) is 0 Å². The molecule has 1 fully saturated rings. The molecular weight excluding hydrogens is 180 g/mol. The highest BCUT2D eigenvalue weighted by Gasteiger charge is 2.20. The number of aliphatic hydroxyl groups is 1. The van der Waals surface area contributed by atoms with E-state index in [1.54, 1.807) is 12.5 Å². The van der Waals surface area contributed by atoms with E-state index < -0.39 is 0 Å². The maximum Gasteiger partial charge on any atom is 0.0947 e. The van der Waals surface area contributed by atoms with Gasteiger partial charge in [-0.25, -0.2) is 0 Å². The maximum atomic E-state index is 9.28. The van der Waals surface area contributed by atoms with Crippen LogP contribution in [-0.2, 0) is 6.54 Å². The first kappa shape index (κ1) is 9.71. The second kappa shape index (κ2) is 4.59. The summed E-state index contributed by atoms with van der Waals surface area (Å²) in [5.74, 6) is 0. The van der Waals surface area contributed by atoms with Gasteiger partial charge in [0.05, 0.1) is 18.6 Å². The number of β-amino-alcohol motifs (C(OH)–C–C–N with tert-alkyl or cyclic N) is 1. The van der Waals surface area contributed by atoms with Gasteiger partial charge in [0.25, 0.3) is 0 Å². The Morgan fingerprint density at radius 1 is 1.64 bits per heavy atom. The van der Waals surface area contributed by atoms with Crippen LogP contribution < -0.4 is 10.6 Å². The smallest absolute Gasteiger partial charge is 0.0947 e. The van der Waals surface area contributed by atoms with E-state index in [4.69, 9.17) is 4.42 Å². The topological polar surface area (TPSA) is 57.4 Å². The molecule has 0 radical (unpaired) electrons. The molecule has 14 heavy (non-hydrogen) atoms. The lowest BCUT2D eigenvalue weighted by atomic mass is 10.2. The second-order valence-corrected chi connectivity index (χ2v) is 3.76. The van der Waals surface area contributed by atoms with E-state index in [-0.39, 0.29) is 6.10 Å². The molecule has 1 saturated heterocycles. The van der Waals surface area contributed by atoms with Crippen LogP contribution in [0.5, 0.6) is 0 Å². The van der Waals surface area contributed by atoms with E-state index >= 15 is 0 Å². The van der Waals surface area contributed by atoms with Crippen LogP contribution in [-0.4, -0.2) is 30.3 Å². The summed E-state index contributed by atoms with van der Waals surface area (Å²) in [6, 6.07) is 2.35. The number of rotatable bonds is 4. The molecule has 0 saturated carbocycles. The largest absolute Gasteiger partial charge is 0.472 e. The predicted molar refractivity (Wildman–Crippen MR) is 52.8 cm³/mol. The predicted octanol–water partition coefficient (Wildman–Crippen LogP) is 0.0920. The highest BCUT2D eigenvalue weighted by Crippen LogP contribution is 2.05. The standard InChI is InChI=1S/C10H16N2O2/c13-10-3-9(12-6-10)5-11-4-8-1-2-14-7-8/h1-2,7,9-13H,3-6H2. The van der Waals surface area contributed by atoms with Gasteiger partial charge in [0.1, 0.15) is 0 Å². The van der Waals surface area contributed by atoms with Crippen LogP contribution in [0.2, 0.25) is 0 Å². The van der Waals surface area contributed by atoms with Crippen LogP contribution in [0.4, 0.5) is 0 Å². The van der Waals surface area contributed by atoms with Crippen molar-refractivity contribution in [1.82, 2.24) is 10.6 Å². The van der Waals surface area contributed by atoms with Crippen LogP contribution in [0.25, 0.3) is 0 Å². The van der Waals surface area contributed by atoms with Gasteiger partial charge in [-0.3, -0.25) is 0 Å². The van der Waals surface area contributed by atoms with Crippen LogP contribution in [0.15, 0.2) is 23.0 Å². The minimum Gasteiger partial charge on any atom is -0.472 e. The van der Waals surface area contributed by atoms with Crippen molar-refractivity contribution in [3.63, 3.8) is 0 Å². The molecule has 1 aromatic heterocycles. The quantitative estimate of drug-likeness (QED) is 0.639. The summed E-state index contributed by atoms with van der Waals surface area (Å²) >= 11 is 0. The molecule has 2 atom stereocenters. The summed E-state index contributed by atoms with van der Waals surface area (Å²) in [5, 5.41) is 15.8. The fourth-order valence-electron chi connectivity index (χ4n) is 1.74. The Hall–Kier alpha value is -0.840. The zero-order valence-corrected chi connectivity index (χ0v) is 8.07. The lowest BCUT2D eigenvalue weighted by molar-refractivity contribution is 0.193. The second-order valence-electron chi connectivity index (χ2n) is 3.76. The van der Waals surface area contributed by atoms with Gasteiger partial charge < -0.3 is 20.2 Å². The Morgan fingerprint density at radius 3 is 3.21 bits per heavy atom. The fraction of sp³-hybridized carbons (Fsp3) is 0.600. The van der Waals surface area contributed by atoms with E-state index in [0.717, 1.165) is 31.6 Å². The van der Waals surface area contributed by atoms with Crippen LogP contribution in [0, 0.1) is 0 Å². The summed E-state index contributed by atoms with van der Waals surface area (Å²) in [4.78, 5) is 0. The molecule has 2 heterocycles. The first-order valence-electron chi connectivity index (χ1n) is 4.98. The Bertz CT molecular complexity index is 261. The average Bonchev–Trinajstić information content (AvgIpc) is 2.77. The lowest BCUT2D eigenvalue weighted by Gasteiger charge is -2.10. The molecule has 0 bridgehead atoms. The van der Waals surface area contributed by atoms with Gasteiger partial charge in [-0.05, 0) is 12.5 Å². The number of hydrogen-bond acceptors (Lipinski definition) is 4. The Labute approximate surface area is 83.3 Å². The zero-order chi connectivity index (χ0) is 9.80. The van der Waals surface area contributed by atoms with E-state index in [9.17, 15) is 5.11 Å². The number of nitrogens with one attached hydrogen (secondary N) is 2. The van der Waals surface area contributed by atoms with Crippen LogP contribution in [0.1, 0.15) is 12.0 Å². The van der Waals surface area contributed by atoms with Crippen molar-refractivity contribution < 1.29 is 9.52 Å². The maximum absolute atomic E-state index is 9.28. The van der Waals surface area contributed by atoms with Crippen molar-refractivity contribution in [3.05, 3.63) is 24.2 Å². The molecule has 78 valence electrons. The molecule has 0 amide bonds. The van der Waals surface area contributed by atoms with Gasteiger partial charge in [-0.1, -0.05) is 0 Å². The molecule has 2 rings (SSSR count). The van der Waals surface area contributed by atoms with Crippen molar-refractivity contribution in [2.75, 3.05) is 13.1 Å². The Morgan fingerprint density at radius 2 is 2.57 bits per heavy atom. The van der Waals surface area contributed by atoms with E-state index in [2.05, 4.69) is 10.6 Å². The minimum atomic E-state index is -0.171. The third-order valence-corrected chi connectivity index (χ3v) is 2.50. The Balaban J connectivity index is 1.64. The van der Waals surface area contributed by atoms with Crippen LogP contribution in [0.3, 0.4) is 0 Å². The summed E-state index contributed by atoms with van der Waals surface area (Å²) in [5.41, 5.74) is 1.16. The zero-order valence-electron chi connectivity index (χ0n) is 8.07. The number of aliphatic hydroxyl groups excluding tert-OH is 1. The number of hydrogen-bond donors (Lipinski definition) is 3. The van der Waals surface area contributed by atoms with Crippen molar-refractivity contribution in [2.24, 2.45) is 0 Å². The molecule has 1 aliphatic rings. The van der Waals surface area contributed by atoms with E-state index in [1.807, 2.05) is 6.07 Å². The van der Waals surface area contributed by atoms with Gasteiger partial charge in [0.15, 0.2) is 0 Å². The summed E-state index contributed by atoms with van der Waals surface area (Å²) in [6.45, 7) is 2.44. The molecule has 2 unspecified atom stereocenters. The molecule has 3 N–H and O–H groups in total. The van der Waals surface area contributed by atoms with Crippen LogP contribution >= 0.6 is 0 Å². The normalized spacial score (nSPS) is 26.9. The molecule has 1 aromatic rings. The molecule has 4 nitrogen and oxygen atoms in total. The van der Waals surface area contributed by atoms with Crippen molar-refractivity contribution in [3.8, 4) is 0 Å². The number of furan rings is 1. The highest BCUT2D eigenvalue weighted by atomic mass is 16.3. The van der Waals surface area contributed by atoms with Gasteiger partial charge in [0.2, 0.25) is 0 Å². The lowest BCUT2D eigenvalue weighted by Crippen LogP contribution is -2.33. The van der Waals surface area contributed by atoms with Gasteiger partial charge >= 0.3 is 0 Å². The first-order valence-corrected chi connectivity index (χ1v) is 4.98. The first-order chi connectivity index (χ1) is 6.84. The van der Waals surface area contributed by atoms with Crippen molar-refractivity contribution in [2.45, 2.75) is 25.1 Å². The summed E-state index contributed by atoms with van der Waals surface area (Å²) in [6.07, 6.45) is 4.09. The summed E-state index contributed by atoms with van der Waals surface area (Å²) < 4.78 is 4.96.